The van der Waals surface area contributed by atoms with Gasteiger partial charge in [0.1, 0.15) is 10.7 Å². The molecule has 6 nitrogen and oxygen atoms in total. The predicted octanol–water partition coefficient (Wildman–Crippen LogP) is 5.15. The molecule has 1 N–H and O–H groups in total. The first kappa shape index (κ1) is 20.2. The molecule has 0 aliphatic carbocycles. The minimum absolute atomic E-state index is 0.206. The number of hydrogen-bond acceptors (Lipinski definition) is 4. The average molecular weight is 424 g/mol. The number of carbonyl (C=O) groups excluding carboxylic acids is 1. The first-order chi connectivity index (χ1) is 14.6. The number of rotatable bonds is 7. The zero-order valence-electron chi connectivity index (χ0n) is 16.8. The Morgan fingerprint density at radius 1 is 1.27 bits per heavy atom. The third-order valence-electron chi connectivity index (χ3n) is 4.86. The number of nitrogens with zero attached hydrogens (tertiary/aromatic N) is 2. The first-order valence-electron chi connectivity index (χ1n) is 9.76. The SMILES string of the molecule is CCOCCn1c(Cl)c(C=NNC(=O)c2cc3cc(C)ccc3o2)c2ccccc21. The lowest BCUT2D eigenvalue weighted by molar-refractivity contribution is 0.0929. The van der Waals surface area contributed by atoms with Gasteiger partial charge in [-0.15, -0.1) is 0 Å². The number of furan rings is 1. The van der Waals surface area contributed by atoms with Gasteiger partial charge in [-0.1, -0.05) is 41.4 Å². The van der Waals surface area contributed by atoms with Gasteiger partial charge in [-0.3, -0.25) is 4.79 Å². The van der Waals surface area contributed by atoms with Gasteiger partial charge in [0.2, 0.25) is 0 Å². The molecule has 0 atom stereocenters. The van der Waals surface area contributed by atoms with E-state index in [-0.39, 0.29) is 5.76 Å². The van der Waals surface area contributed by atoms with E-state index in [0.29, 0.717) is 30.5 Å². The van der Waals surface area contributed by atoms with Gasteiger partial charge in [0.25, 0.3) is 0 Å². The summed E-state index contributed by atoms with van der Waals surface area (Å²) in [6.07, 6.45) is 1.56. The maximum Gasteiger partial charge on any atom is 0.307 e. The van der Waals surface area contributed by atoms with Crippen LogP contribution in [0.4, 0.5) is 0 Å². The summed E-state index contributed by atoms with van der Waals surface area (Å²) < 4.78 is 13.1. The van der Waals surface area contributed by atoms with Crippen LogP contribution in [0.5, 0.6) is 0 Å². The number of amides is 1. The van der Waals surface area contributed by atoms with Crippen LogP contribution < -0.4 is 5.43 Å². The van der Waals surface area contributed by atoms with Crippen LogP contribution in [0.1, 0.15) is 28.6 Å². The minimum Gasteiger partial charge on any atom is -0.451 e. The molecule has 30 heavy (non-hydrogen) atoms. The van der Waals surface area contributed by atoms with Crippen molar-refractivity contribution in [3.8, 4) is 0 Å². The number of halogens is 1. The lowest BCUT2D eigenvalue weighted by Gasteiger charge is -2.06. The van der Waals surface area contributed by atoms with Gasteiger partial charge in [0, 0.05) is 35.0 Å². The molecule has 0 saturated heterocycles. The molecule has 0 radical (unpaired) electrons. The number of benzene rings is 2. The Bertz CT molecular complexity index is 1240. The molecule has 2 heterocycles. The first-order valence-corrected chi connectivity index (χ1v) is 10.1. The van der Waals surface area contributed by atoms with Crippen LogP contribution >= 0.6 is 11.6 Å². The zero-order chi connectivity index (χ0) is 21.1. The van der Waals surface area contributed by atoms with Crippen molar-refractivity contribution in [2.45, 2.75) is 20.4 Å². The molecule has 1 amide bonds. The normalized spacial score (nSPS) is 11.7. The molecular formula is C23H22ClN3O3. The van der Waals surface area contributed by atoms with Gasteiger partial charge in [0.15, 0.2) is 5.76 Å². The van der Waals surface area contributed by atoms with Crippen LogP contribution in [0.15, 0.2) is 58.0 Å². The highest BCUT2D eigenvalue weighted by Crippen LogP contribution is 2.28. The molecule has 7 heteroatoms. The van der Waals surface area contributed by atoms with Crippen LogP contribution in [-0.2, 0) is 11.3 Å². The van der Waals surface area contributed by atoms with E-state index < -0.39 is 5.91 Å². The summed E-state index contributed by atoms with van der Waals surface area (Å²) in [6, 6.07) is 15.3. The highest BCUT2D eigenvalue weighted by molar-refractivity contribution is 6.34. The molecule has 0 unspecified atom stereocenters. The third kappa shape index (κ3) is 3.97. The molecule has 0 aliphatic heterocycles. The van der Waals surface area contributed by atoms with Crippen LogP contribution in [0.2, 0.25) is 5.15 Å². The summed E-state index contributed by atoms with van der Waals surface area (Å²) in [5.41, 5.74) is 6.01. The zero-order valence-corrected chi connectivity index (χ0v) is 17.6. The van der Waals surface area contributed by atoms with E-state index in [1.54, 1.807) is 12.3 Å². The van der Waals surface area contributed by atoms with E-state index in [1.807, 2.05) is 60.9 Å². The Hall–Kier alpha value is -3.09. The smallest absolute Gasteiger partial charge is 0.307 e. The molecule has 0 bridgehead atoms. The number of para-hydroxylation sites is 1. The van der Waals surface area contributed by atoms with Crippen LogP contribution in [0.25, 0.3) is 21.9 Å². The predicted molar refractivity (Wildman–Crippen MR) is 119 cm³/mol. The van der Waals surface area contributed by atoms with Crippen molar-refractivity contribution in [3.63, 3.8) is 0 Å². The Morgan fingerprint density at radius 3 is 2.93 bits per heavy atom. The summed E-state index contributed by atoms with van der Waals surface area (Å²) in [5, 5.41) is 6.50. The van der Waals surface area contributed by atoms with Crippen LogP contribution in [0, 0.1) is 6.92 Å². The van der Waals surface area contributed by atoms with E-state index in [0.717, 1.165) is 27.4 Å². The van der Waals surface area contributed by atoms with Crippen molar-refractivity contribution in [1.82, 2.24) is 9.99 Å². The standard InChI is InChI=1S/C23H22ClN3O3/c1-3-29-11-10-27-19-7-5-4-6-17(19)18(22(27)24)14-25-26-23(28)21-13-16-12-15(2)8-9-20(16)30-21/h4-9,12-14H,3,10-11H2,1-2H3,(H,26,28). The quantitative estimate of drug-likeness (QED) is 0.254. The number of fused-ring (bicyclic) bond motifs is 2. The molecule has 0 spiro atoms. The topological polar surface area (TPSA) is 68.8 Å². The number of hydrogen-bond donors (Lipinski definition) is 1. The van der Waals surface area contributed by atoms with Gasteiger partial charge in [0.05, 0.1) is 12.8 Å². The number of aryl methyl sites for hydroxylation is 1. The van der Waals surface area contributed by atoms with Crippen LogP contribution in [-0.4, -0.2) is 29.9 Å². The second-order valence-electron chi connectivity index (χ2n) is 6.92. The van der Waals surface area contributed by atoms with Gasteiger partial charge in [-0.05, 0) is 38.1 Å². The fourth-order valence-electron chi connectivity index (χ4n) is 3.43. The molecule has 154 valence electrons. The van der Waals surface area contributed by atoms with Crippen molar-refractivity contribution >= 4 is 45.6 Å². The molecule has 2 aromatic carbocycles. The Morgan fingerprint density at radius 2 is 2.10 bits per heavy atom. The van der Waals surface area contributed by atoms with E-state index in [9.17, 15) is 4.79 Å². The number of aromatic nitrogens is 1. The molecule has 0 saturated carbocycles. The third-order valence-corrected chi connectivity index (χ3v) is 5.27. The fourth-order valence-corrected chi connectivity index (χ4v) is 3.75. The van der Waals surface area contributed by atoms with Gasteiger partial charge in [-0.25, -0.2) is 5.43 Å². The highest BCUT2D eigenvalue weighted by Gasteiger charge is 2.15. The van der Waals surface area contributed by atoms with Gasteiger partial charge < -0.3 is 13.7 Å². The summed E-state index contributed by atoms with van der Waals surface area (Å²) in [7, 11) is 0. The molecule has 4 aromatic rings. The maximum atomic E-state index is 12.4. The van der Waals surface area contributed by atoms with Gasteiger partial charge in [-0.2, -0.15) is 5.10 Å². The Labute approximate surface area is 179 Å². The largest absolute Gasteiger partial charge is 0.451 e. The summed E-state index contributed by atoms with van der Waals surface area (Å²) in [4.78, 5) is 12.4. The summed E-state index contributed by atoms with van der Waals surface area (Å²) in [6.45, 7) is 5.79. The Balaban J connectivity index is 1.55. The minimum atomic E-state index is -0.420. The number of carbonyl (C=O) groups is 1. The lowest BCUT2D eigenvalue weighted by Crippen LogP contribution is -2.16. The number of ether oxygens (including phenoxy) is 1. The second kappa shape index (κ2) is 8.73. The van der Waals surface area contributed by atoms with E-state index in [4.69, 9.17) is 20.8 Å². The Kier molecular flexibility index (Phi) is 5.88. The summed E-state index contributed by atoms with van der Waals surface area (Å²) in [5.74, 6) is -0.214. The molecule has 2 aromatic heterocycles. The second-order valence-corrected chi connectivity index (χ2v) is 7.28. The van der Waals surface area contributed by atoms with E-state index >= 15 is 0 Å². The average Bonchev–Trinajstić information content (AvgIpc) is 3.28. The molecular weight excluding hydrogens is 402 g/mol. The fraction of sp³-hybridized carbons (Fsp3) is 0.217. The van der Waals surface area contributed by atoms with Crippen molar-refractivity contribution in [2.75, 3.05) is 13.2 Å². The van der Waals surface area contributed by atoms with Crippen molar-refractivity contribution in [1.29, 1.82) is 0 Å². The van der Waals surface area contributed by atoms with Crippen LogP contribution in [0.3, 0.4) is 0 Å². The van der Waals surface area contributed by atoms with Crippen molar-refractivity contribution in [2.24, 2.45) is 5.10 Å². The number of hydrazone groups is 1. The number of nitrogens with one attached hydrogen (secondary N) is 1. The van der Waals surface area contributed by atoms with Crippen molar-refractivity contribution in [3.05, 3.63) is 70.6 Å². The molecule has 0 aliphatic rings. The maximum absolute atomic E-state index is 12.4. The monoisotopic (exact) mass is 423 g/mol. The van der Waals surface area contributed by atoms with Crippen molar-refractivity contribution < 1.29 is 13.9 Å². The lowest BCUT2D eigenvalue weighted by atomic mass is 10.2. The van der Waals surface area contributed by atoms with E-state index in [1.165, 1.54) is 0 Å². The molecule has 4 rings (SSSR count). The summed E-state index contributed by atoms with van der Waals surface area (Å²) >= 11 is 6.62. The molecule has 0 fully saturated rings. The highest BCUT2D eigenvalue weighted by atomic mass is 35.5. The van der Waals surface area contributed by atoms with Gasteiger partial charge >= 0.3 is 5.91 Å². The van der Waals surface area contributed by atoms with E-state index in [2.05, 4.69) is 10.5 Å².